The lowest BCUT2D eigenvalue weighted by molar-refractivity contribution is 0.280. The van der Waals surface area contributed by atoms with Crippen molar-refractivity contribution in [2.24, 2.45) is 0 Å². The number of benzene rings is 1. The molecule has 1 aliphatic heterocycles. The van der Waals surface area contributed by atoms with Crippen molar-refractivity contribution in [3.8, 4) is 5.75 Å². The van der Waals surface area contributed by atoms with E-state index in [4.69, 9.17) is 9.84 Å². The molecule has 0 amide bonds. The second-order valence-electron chi connectivity index (χ2n) is 4.96. The largest absolute Gasteiger partial charge is 0.495 e. The van der Waals surface area contributed by atoms with E-state index in [2.05, 4.69) is 0 Å². The fourth-order valence-corrected chi connectivity index (χ4v) is 4.59. The van der Waals surface area contributed by atoms with E-state index in [0.29, 0.717) is 17.9 Å². The highest BCUT2D eigenvalue weighted by Crippen LogP contribution is 2.33. The number of sulfonamides is 1. The van der Waals surface area contributed by atoms with E-state index in [1.165, 1.54) is 13.2 Å². The zero-order valence-electron chi connectivity index (χ0n) is 11.9. The molecule has 1 unspecified atom stereocenters. The minimum Gasteiger partial charge on any atom is -0.495 e. The van der Waals surface area contributed by atoms with Crippen molar-refractivity contribution >= 4 is 10.0 Å². The van der Waals surface area contributed by atoms with Crippen molar-refractivity contribution in [2.45, 2.75) is 43.7 Å². The summed E-state index contributed by atoms with van der Waals surface area (Å²) in [7, 11) is -2.10. The van der Waals surface area contributed by atoms with Gasteiger partial charge in [-0.3, -0.25) is 0 Å². The smallest absolute Gasteiger partial charge is 0.247 e. The molecule has 1 saturated heterocycles. The van der Waals surface area contributed by atoms with Gasteiger partial charge < -0.3 is 9.84 Å². The Morgan fingerprint density at radius 2 is 2.20 bits per heavy atom. The Morgan fingerprint density at radius 3 is 2.80 bits per heavy atom. The molecular formula is C14H21NO4S. The quantitative estimate of drug-likeness (QED) is 0.899. The van der Waals surface area contributed by atoms with Gasteiger partial charge in [0.1, 0.15) is 10.6 Å². The van der Waals surface area contributed by atoms with Crippen LogP contribution in [-0.2, 0) is 16.6 Å². The predicted molar refractivity (Wildman–Crippen MR) is 76.1 cm³/mol. The Kier molecular flexibility index (Phi) is 4.67. The number of rotatable bonds is 5. The first-order valence-electron chi connectivity index (χ1n) is 6.84. The summed E-state index contributed by atoms with van der Waals surface area (Å²) in [6.45, 7) is 2.42. The Bertz CT molecular complexity index is 571. The van der Waals surface area contributed by atoms with Crippen LogP contribution in [0, 0.1) is 0 Å². The third kappa shape index (κ3) is 2.68. The molecule has 0 radical (unpaired) electrons. The van der Waals surface area contributed by atoms with Gasteiger partial charge >= 0.3 is 0 Å². The maximum Gasteiger partial charge on any atom is 0.247 e. The van der Waals surface area contributed by atoms with Crippen LogP contribution in [0.2, 0.25) is 0 Å². The molecule has 1 aliphatic rings. The van der Waals surface area contributed by atoms with Crippen LogP contribution in [0.3, 0.4) is 0 Å². The minimum atomic E-state index is -3.54. The third-order valence-electron chi connectivity index (χ3n) is 3.79. The Labute approximate surface area is 120 Å². The summed E-state index contributed by atoms with van der Waals surface area (Å²) in [6.07, 6.45) is 2.62. The van der Waals surface area contributed by atoms with Crippen LogP contribution in [0.15, 0.2) is 23.1 Å². The molecule has 1 fully saturated rings. The molecule has 1 N–H and O–H groups in total. The first-order chi connectivity index (χ1) is 9.54. The van der Waals surface area contributed by atoms with Gasteiger partial charge in [-0.1, -0.05) is 13.0 Å². The standard InChI is InChI=1S/C14H21NO4S/c1-3-12-5-4-8-15(12)20(17,18)14-7-6-11(10-16)9-13(14)19-2/h6-7,9,12,16H,3-5,8,10H2,1-2H3. The Morgan fingerprint density at radius 1 is 1.45 bits per heavy atom. The summed E-state index contributed by atoms with van der Waals surface area (Å²) >= 11 is 0. The maximum atomic E-state index is 12.8. The number of ether oxygens (including phenoxy) is 1. The highest BCUT2D eigenvalue weighted by Gasteiger charge is 2.35. The molecule has 20 heavy (non-hydrogen) atoms. The van der Waals surface area contributed by atoms with E-state index >= 15 is 0 Å². The minimum absolute atomic E-state index is 0.0715. The number of methoxy groups -OCH3 is 1. The van der Waals surface area contributed by atoms with Crippen LogP contribution < -0.4 is 4.74 Å². The molecule has 1 aromatic rings. The van der Waals surface area contributed by atoms with Gasteiger partial charge in [0, 0.05) is 12.6 Å². The molecule has 0 saturated carbocycles. The predicted octanol–water partition coefficient (Wildman–Crippen LogP) is 1.75. The lowest BCUT2D eigenvalue weighted by atomic mass is 10.2. The summed E-state index contributed by atoms with van der Waals surface area (Å²) in [5, 5.41) is 9.13. The molecule has 6 heteroatoms. The van der Waals surface area contributed by atoms with E-state index in [1.807, 2.05) is 6.92 Å². The summed E-state index contributed by atoms with van der Waals surface area (Å²) in [4.78, 5) is 0.178. The fraction of sp³-hybridized carbons (Fsp3) is 0.571. The van der Waals surface area contributed by atoms with Gasteiger partial charge in [0.15, 0.2) is 0 Å². The number of aliphatic hydroxyl groups excluding tert-OH is 1. The molecule has 1 aromatic carbocycles. The molecule has 112 valence electrons. The highest BCUT2D eigenvalue weighted by atomic mass is 32.2. The first kappa shape index (κ1) is 15.3. The van der Waals surface area contributed by atoms with Crippen molar-refractivity contribution in [3.63, 3.8) is 0 Å². The number of hydrogen-bond donors (Lipinski definition) is 1. The number of aliphatic hydroxyl groups is 1. The second kappa shape index (κ2) is 6.11. The van der Waals surface area contributed by atoms with Gasteiger partial charge in [-0.2, -0.15) is 4.31 Å². The number of hydrogen-bond acceptors (Lipinski definition) is 4. The van der Waals surface area contributed by atoms with Crippen LogP contribution >= 0.6 is 0 Å². The maximum absolute atomic E-state index is 12.8. The molecule has 1 atom stereocenters. The van der Waals surface area contributed by atoms with Gasteiger partial charge in [-0.05, 0) is 37.0 Å². The van der Waals surface area contributed by atoms with Gasteiger partial charge in [0.05, 0.1) is 13.7 Å². The third-order valence-corrected chi connectivity index (χ3v) is 5.78. The van der Waals surface area contributed by atoms with E-state index in [1.54, 1.807) is 16.4 Å². The summed E-state index contributed by atoms with van der Waals surface area (Å²) < 4.78 is 32.3. The van der Waals surface area contributed by atoms with Crippen molar-refractivity contribution in [1.82, 2.24) is 4.31 Å². The average Bonchev–Trinajstić information content (AvgIpc) is 2.95. The monoisotopic (exact) mass is 299 g/mol. The fourth-order valence-electron chi connectivity index (χ4n) is 2.68. The van der Waals surface area contributed by atoms with Crippen molar-refractivity contribution in [1.29, 1.82) is 0 Å². The molecular weight excluding hydrogens is 278 g/mol. The molecule has 0 aliphatic carbocycles. The SMILES string of the molecule is CCC1CCCN1S(=O)(=O)c1ccc(CO)cc1OC. The van der Waals surface area contributed by atoms with Crippen LogP contribution in [0.4, 0.5) is 0 Å². The van der Waals surface area contributed by atoms with Crippen molar-refractivity contribution in [2.75, 3.05) is 13.7 Å². The van der Waals surface area contributed by atoms with Crippen LogP contribution in [0.25, 0.3) is 0 Å². The average molecular weight is 299 g/mol. The van der Waals surface area contributed by atoms with Crippen molar-refractivity contribution < 1.29 is 18.3 Å². The lowest BCUT2D eigenvalue weighted by Crippen LogP contribution is -2.35. The molecule has 0 bridgehead atoms. The topological polar surface area (TPSA) is 66.8 Å². The molecule has 5 nitrogen and oxygen atoms in total. The normalized spacial score (nSPS) is 20.2. The second-order valence-corrected chi connectivity index (χ2v) is 6.82. The van der Waals surface area contributed by atoms with Crippen molar-refractivity contribution in [3.05, 3.63) is 23.8 Å². The summed E-state index contributed by atoms with van der Waals surface area (Å²) in [5.41, 5.74) is 0.634. The van der Waals surface area contributed by atoms with Crippen LogP contribution in [-0.4, -0.2) is 37.5 Å². The molecule has 2 rings (SSSR count). The Hall–Kier alpha value is -1.11. The van der Waals surface area contributed by atoms with Gasteiger partial charge in [0.2, 0.25) is 10.0 Å². The Balaban J connectivity index is 2.43. The van der Waals surface area contributed by atoms with Crippen LogP contribution in [0.5, 0.6) is 5.75 Å². The van der Waals surface area contributed by atoms with Gasteiger partial charge in [0.25, 0.3) is 0 Å². The van der Waals surface area contributed by atoms with E-state index in [0.717, 1.165) is 19.3 Å². The number of nitrogens with zero attached hydrogens (tertiary/aromatic N) is 1. The summed E-state index contributed by atoms with van der Waals surface area (Å²) in [6, 6.07) is 4.78. The van der Waals surface area contributed by atoms with Crippen LogP contribution in [0.1, 0.15) is 31.7 Å². The molecule has 0 spiro atoms. The van der Waals surface area contributed by atoms with E-state index in [9.17, 15) is 8.42 Å². The zero-order chi connectivity index (χ0) is 14.8. The first-order valence-corrected chi connectivity index (χ1v) is 8.28. The molecule has 1 heterocycles. The van der Waals surface area contributed by atoms with E-state index < -0.39 is 10.0 Å². The van der Waals surface area contributed by atoms with Gasteiger partial charge in [-0.25, -0.2) is 8.42 Å². The van der Waals surface area contributed by atoms with E-state index in [-0.39, 0.29) is 17.5 Å². The van der Waals surface area contributed by atoms with Gasteiger partial charge in [-0.15, -0.1) is 0 Å². The highest BCUT2D eigenvalue weighted by molar-refractivity contribution is 7.89. The molecule has 0 aromatic heterocycles. The zero-order valence-corrected chi connectivity index (χ0v) is 12.7. The summed E-state index contributed by atoms with van der Waals surface area (Å²) in [5.74, 6) is 0.290. The lowest BCUT2D eigenvalue weighted by Gasteiger charge is -2.24.